The van der Waals surface area contributed by atoms with Crippen LogP contribution >= 0.6 is 0 Å². The topological polar surface area (TPSA) is 85.8 Å². The number of amides is 1. The van der Waals surface area contributed by atoms with Crippen LogP contribution in [0.1, 0.15) is 83.9 Å². The van der Waals surface area contributed by atoms with Gasteiger partial charge in [-0.2, -0.15) is 0 Å². The lowest BCUT2D eigenvalue weighted by Crippen LogP contribution is -2.25. The van der Waals surface area contributed by atoms with Gasteiger partial charge in [0.1, 0.15) is 5.82 Å². The fourth-order valence-corrected chi connectivity index (χ4v) is 3.62. The predicted molar refractivity (Wildman–Crippen MR) is 84.6 cm³/mol. The molecule has 1 N–H and O–H groups in total. The normalized spacial score (nSPS) is 20.0. The van der Waals surface area contributed by atoms with E-state index in [2.05, 4.69) is 25.2 Å². The van der Waals surface area contributed by atoms with Gasteiger partial charge >= 0.3 is 0 Å². The molecule has 2 heterocycles. The van der Waals surface area contributed by atoms with Crippen molar-refractivity contribution in [2.24, 2.45) is 0 Å². The van der Waals surface area contributed by atoms with Crippen LogP contribution in [0.3, 0.4) is 0 Å². The number of rotatable bonds is 5. The standard InChI is InChI=1S/C17H21N5O2/c23-17(15-12-3-1-2-4-13(12)21-24-15)18-9-14-19-20-16(10-5-6-10)22(14)11-7-8-11/h10-11H,1-9H2,(H,18,23). The van der Waals surface area contributed by atoms with Gasteiger partial charge in [-0.1, -0.05) is 5.16 Å². The van der Waals surface area contributed by atoms with Crippen LogP contribution in [0.25, 0.3) is 0 Å². The van der Waals surface area contributed by atoms with Gasteiger partial charge in [0, 0.05) is 17.5 Å². The van der Waals surface area contributed by atoms with E-state index in [9.17, 15) is 4.79 Å². The molecule has 0 atom stereocenters. The van der Waals surface area contributed by atoms with E-state index in [0.717, 1.165) is 48.6 Å². The number of hydrogen-bond acceptors (Lipinski definition) is 5. The van der Waals surface area contributed by atoms with Crippen LogP contribution in [-0.2, 0) is 19.4 Å². The van der Waals surface area contributed by atoms with Gasteiger partial charge in [0.2, 0.25) is 5.76 Å². The average Bonchev–Trinajstić information content (AvgIpc) is 3.54. The lowest BCUT2D eigenvalue weighted by Gasteiger charge is -2.10. The second-order valence-corrected chi connectivity index (χ2v) is 7.18. The second kappa shape index (κ2) is 5.43. The maximum absolute atomic E-state index is 12.5. The molecule has 1 amide bonds. The van der Waals surface area contributed by atoms with Gasteiger partial charge < -0.3 is 14.4 Å². The minimum absolute atomic E-state index is 0.191. The number of fused-ring (bicyclic) bond motifs is 1. The van der Waals surface area contributed by atoms with Crippen LogP contribution in [0, 0.1) is 0 Å². The van der Waals surface area contributed by atoms with E-state index < -0.39 is 0 Å². The summed E-state index contributed by atoms with van der Waals surface area (Å²) >= 11 is 0. The maximum Gasteiger partial charge on any atom is 0.290 e. The lowest BCUT2D eigenvalue weighted by atomic mass is 9.96. The monoisotopic (exact) mass is 327 g/mol. The zero-order valence-corrected chi connectivity index (χ0v) is 13.6. The summed E-state index contributed by atoms with van der Waals surface area (Å²) in [6, 6.07) is 0.528. The van der Waals surface area contributed by atoms with Gasteiger partial charge in [0.25, 0.3) is 5.91 Å². The van der Waals surface area contributed by atoms with Crippen molar-refractivity contribution in [3.63, 3.8) is 0 Å². The summed E-state index contributed by atoms with van der Waals surface area (Å²) in [5.74, 6) is 2.73. The van der Waals surface area contributed by atoms with Crippen LogP contribution in [0.15, 0.2) is 4.52 Å². The molecule has 0 unspecified atom stereocenters. The first-order valence-electron chi connectivity index (χ1n) is 9.00. The minimum Gasteiger partial charge on any atom is -0.350 e. The molecular formula is C17H21N5O2. The molecule has 2 aromatic rings. The Hall–Kier alpha value is -2.18. The number of carbonyl (C=O) groups is 1. The van der Waals surface area contributed by atoms with Crippen molar-refractivity contribution >= 4 is 5.91 Å². The van der Waals surface area contributed by atoms with Gasteiger partial charge in [-0.25, -0.2) is 0 Å². The summed E-state index contributed by atoms with van der Waals surface area (Å²) in [5, 5.41) is 15.7. The number of hydrogen-bond donors (Lipinski definition) is 1. The molecule has 126 valence electrons. The van der Waals surface area contributed by atoms with E-state index >= 15 is 0 Å². The maximum atomic E-state index is 12.5. The van der Waals surface area contributed by atoms with Crippen LogP contribution in [0.4, 0.5) is 0 Å². The number of aromatic nitrogens is 4. The fraction of sp³-hybridized carbons (Fsp3) is 0.647. The van der Waals surface area contributed by atoms with Crippen molar-refractivity contribution in [2.75, 3.05) is 0 Å². The molecule has 2 aromatic heterocycles. The highest BCUT2D eigenvalue weighted by Crippen LogP contribution is 2.44. The van der Waals surface area contributed by atoms with Crippen LogP contribution in [0.2, 0.25) is 0 Å². The third-order valence-electron chi connectivity index (χ3n) is 5.22. The van der Waals surface area contributed by atoms with E-state index in [0.29, 0.717) is 24.3 Å². The largest absolute Gasteiger partial charge is 0.350 e. The van der Waals surface area contributed by atoms with E-state index in [1.165, 1.54) is 25.7 Å². The highest BCUT2D eigenvalue weighted by molar-refractivity contribution is 5.93. The van der Waals surface area contributed by atoms with E-state index in [-0.39, 0.29) is 5.91 Å². The molecular weight excluding hydrogens is 306 g/mol. The summed E-state index contributed by atoms with van der Waals surface area (Å²) in [6.45, 7) is 0.393. The Labute approximate surface area is 139 Å². The minimum atomic E-state index is -0.191. The molecule has 2 saturated carbocycles. The summed E-state index contributed by atoms with van der Waals surface area (Å²) in [4.78, 5) is 12.5. The molecule has 0 radical (unpaired) electrons. The Morgan fingerprint density at radius 2 is 2.00 bits per heavy atom. The van der Waals surface area contributed by atoms with E-state index in [1.807, 2.05) is 0 Å². The lowest BCUT2D eigenvalue weighted by molar-refractivity contribution is 0.0911. The van der Waals surface area contributed by atoms with Crippen molar-refractivity contribution < 1.29 is 9.32 Å². The molecule has 5 rings (SSSR count). The quantitative estimate of drug-likeness (QED) is 0.910. The summed E-state index contributed by atoms with van der Waals surface area (Å²) < 4.78 is 7.56. The molecule has 3 aliphatic rings. The van der Waals surface area contributed by atoms with Crippen molar-refractivity contribution in [3.05, 3.63) is 28.7 Å². The van der Waals surface area contributed by atoms with Crippen LogP contribution in [-0.4, -0.2) is 25.8 Å². The fourth-order valence-electron chi connectivity index (χ4n) is 3.62. The van der Waals surface area contributed by atoms with Crippen LogP contribution in [0.5, 0.6) is 0 Å². The van der Waals surface area contributed by atoms with Gasteiger partial charge in [-0.15, -0.1) is 10.2 Å². The van der Waals surface area contributed by atoms with E-state index in [1.54, 1.807) is 0 Å². The highest BCUT2D eigenvalue weighted by Gasteiger charge is 2.36. The smallest absolute Gasteiger partial charge is 0.290 e. The Balaban J connectivity index is 1.32. The SMILES string of the molecule is O=C(NCc1nnc(C2CC2)n1C1CC1)c1onc2c1CCCC2. The van der Waals surface area contributed by atoms with Crippen LogP contribution < -0.4 is 5.32 Å². The average molecular weight is 327 g/mol. The number of aryl methyl sites for hydroxylation is 1. The molecule has 24 heavy (non-hydrogen) atoms. The number of nitrogens with one attached hydrogen (secondary N) is 1. The predicted octanol–water partition coefficient (Wildman–Crippen LogP) is 2.29. The summed E-state index contributed by atoms with van der Waals surface area (Å²) in [6.07, 6.45) is 8.80. The molecule has 0 aliphatic heterocycles. The first-order valence-corrected chi connectivity index (χ1v) is 9.00. The second-order valence-electron chi connectivity index (χ2n) is 7.18. The van der Waals surface area contributed by atoms with Crippen molar-refractivity contribution in [1.82, 2.24) is 25.2 Å². The van der Waals surface area contributed by atoms with E-state index in [4.69, 9.17) is 4.52 Å². The molecule has 7 heteroatoms. The molecule has 0 saturated heterocycles. The summed E-state index contributed by atoms with van der Waals surface area (Å²) in [7, 11) is 0. The highest BCUT2D eigenvalue weighted by atomic mass is 16.5. The van der Waals surface area contributed by atoms with Crippen molar-refractivity contribution in [1.29, 1.82) is 0 Å². The van der Waals surface area contributed by atoms with Gasteiger partial charge in [0.15, 0.2) is 5.82 Å². The number of carbonyl (C=O) groups excluding carboxylic acids is 1. The van der Waals surface area contributed by atoms with Crippen molar-refractivity contribution in [2.45, 2.75) is 69.9 Å². The molecule has 0 aromatic carbocycles. The molecule has 3 aliphatic carbocycles. The first-order chi connectivity index (χ1) is 11.8. The molecule has 7 nitrogen and oxygen atoms in total. The summed E-state index contributed by atoms with van der Waals surface area (Å²) in [5.41, 5.74) is 1.93. The molecule has 0 bridgehead atoms. The zero-order valence-electron chi connectivity index (χ0n) is 13.6. The Morgan fingerprint density at radius 1 is 1.17 bits per heavy atom. The van der Waals surface area contributed by atoms with Gasteiger partial charge in [-0.3, -0.25) is 4.79 Å². The molecule has 0 spiro atoms. The Bertz CT molecular complexity index is 785. The molecule has 2 fully saturated rings. The third kappa shape index (κ3) is 2.42. The first kappa shape index (κ1) is 14.2. The van der Waals surface area contributed by atoms with Gasteiger partial charge in [0.05, 0.1) is 12.2 Å². The zero-order chi connectivity index (χ0) is 16.1. The van der Waals surface area contributed by atoms with Crippen molar-refractivity contribution in [3.8, 4) is 0 Å². The van der Waals surface area contributed by atoms with Gasteiger partial charge in [-0.05, 0) is 51.4 Å². The third-order valence-corrected chi connectivity index (χ3v) is 5.22. The Morgan fingerprint density at radius 3 is 2.79 bits per heavy atom. The number of nitrogens with zero attached hydrogens (tertiary/aromatic N) is 4. The Kier molecular flexibility index (Phi) is 3.21.